The number of pyridine rings is 1. The quantitative estimate of drug-likeness (QED) is 0.740. The number of nitrogens with zero attached hydrogens (tertiary/aromatic N) is 3. The Kier molecular flexibility index (Phi) is 5.54. The number of rotatable bonds is 5. The van der Waals surface area contributed by atoms with Crippen LogP contribution in [-0.4, -0.2) is 72.5 Å². The summed E-state index contributed by atoms with van der Waals surface area (Å²) in [5.74, 6) is -0.0882. The van der Waals surface area contributed by atoms with E-state index >= 15 is 0 Å². The SMILES string of the molecule is Cc1c(Cl)c(OCC(=O)N2CCN(C)CC2)nc2sc(C(=O)NC3CC3)c(N)c12. The summed E-state index contributed by atoms with van der Waals surface area (Å²) >= 11 is 7.66. The first kappa shape index (κ1) is 20.2. The number of nitrogens with two attached hydrogens (primary N) is 1. The van der Waals surface area contributed by atoms with Crippen molar-refractivity contribution in [1.29, 1.82) is 0 Å². The van der Waals surface area contributed by atoms with Crippen molar-refractivity contribution >= 4 is 50.7 Å². The van der Waals surface area contributed by atoms with Gasteiger partial charge in [-0.15, -0.1) is 11.3 Å². The fraction of sp³-hybridized carbons (Fsp3) is 0.526. The Morgan fingerprint density at radius 1 is 1.31 bits per heavy atom. The highest BCUT2D eigenvalue weighted by Gasteiger charge is 2.28. The Morgan fingerprint density at radius 2 is 2.00 bits per heavy atom. The van der Waals surface area contributed by atoms with Crippen LogP contribution >= 0.6 is 22.9 Å². The number of nitrogens with one attached hydrogen (secondary N) is 1. The van der Waals surface area contributed by atoms with Crippen LogP contribution < -0.4 is 15.8 Å². The molecule has 0 atom stereocenters. The number of anilines is 1. The number of carbonyl (C=O) groups is 2. The monoisotopic (exact) mass is 437 g/mol. The molecule has 3 heterocycles. The van der Waals surface area contributed by atoms with Gasteiger partial charge in [-0.1, -0.05) is 11.6 Å². The number of hydrogen-bond donors (Lipinski definition) is 2. The normalized spacial score (nSPS) is 17.6. The minimum Gasteiger partial charge on any atom is -0.466 e. The maximum atomic E-state index is 12.5. The number of thiophene rings is 1. The predicted molar refractivity (Wildman–Crippen MR) is 114 cm³/mol. The van der Waals surface area contributed by atoms with Crippen molar-refractivity contribution < 1.29 is 14.3 Å². The molecule has 156 valence electrons. The van der Waals surface area contributed by atoms with Crippen LogP contribution in [-0.2, 0) is 4.79 Å². The highest BCUT2D eigenvalue weighted by Crippen LogP contribution is 2.40. The number of amides is 2. The summed E-state index contributed by atoms with van der Waals surface area (Å²) in [5.41, 5.74) is 7.31. The summed E-state index contributed by atoms with van der Waals surface area (Å²) in [6, 6.07) is 0.240. The van der Waals surface area contributed by atoms with Crippen LogP contribution in [0.5, 0.6) is 5.88 Å². The highest BCUT2D eigenvalue weighted by molar-refractivity contribution is 7.21. The summed E-state index contributed by atoms with van der Waals surface area (Å²) < 4.78 is 5.67. The Labute approximate surface area is 177 Å². The standard InChI is InChI=1S/C19H24ClN5O3S/c1-10-13-15(21)16(17(27)22-11-3-4-11)29-19(13)23-18(14(10)20)28-9-12(26)25-7-5-24(2)6-8-25/h11H,3-9,21H2,1-2H3,(H,22,27). The molecule has 1 aliphatic heterocycles. The van der Waals surface area contributed by atoms with Gasteiger partial charge in [-0.05, 0) is 32.4 Å². The number of aromatic nitrogens is 1. The molecule has 1 aliphatic carbocycles. The van der Waals surface area contributed by atoms with Crippen LogP contribution in [0.15, 0.2) is 0 Å². The smallest absolute Gasteiger partial charge is 0.263 e. The Morgan fingerprint density at radius 3 is 2.66 bits per heavy atom. The minimum absolute atomic E-state index is 0.0936. The van der Waals surface area contributed by atoms with Crippen LogP contribution in [0.2, 0.25) is 5.02 Å². The number of likely N-dealkylation sites (N-methyl/N-ethyl adjacent to an activating group) is 1. The van der Waals surface area contributed by atoms with Crippen molar-refractivity contribution in [2.45, 2.75) is 25.8 Å². The van der Waals surface area contributed by atoms with Gasteiger partial charge in [0, 0.05) is 37.6 Å². The first-order valence-electron chi connectivity index (χ1n) is 9.63. The topological polar surface area (TPSA) is 101 Å². The molecular formula is C19H24ClN5O3S. The van der Waals surface area contributed by atoms with Gasteiger partial charge >= 0.3 is 0 Å². The number of ether oxygens (including phenoxy) is 1. The lowest BCUT2D eigenvalue weighted by atomic mass is 10.1. The maximum Gasteiger partial charge on any atom is 0.263 e. The van der Waals surface area contributed by atoms with Crippen molar-refractivity contribution in [1.82, 2.24) is 20.1 Å². The number of hydrogen-bond acceptors (Lipinski definition) is 7. The summed E-state index contributed by atoms with van der Waals surface area (Å²) in [5, 5.41) is 3.92. The molecule has 10 heteroatoms. The second-order valence-corrected chi connectivity index (χ2v) is 8.98. The lowest BCUT2D eigenvalue weighted by molar-refractivity contribution is -0.135. The lowest BCUT2D eigenvalue weighted by Crippen LogP contribution is -2.48. The molecule has 1 saturated heterocycles. The minimum atomic E-state index is -0.184. The first-order valence-corrected chi connectivity index (χ1v) is 10.8. The molecule has 2 fully saturated rings. The average molecular weight is 438 g/mol. The number of carbonyl (C=O) groups excluding carboxylic acids is 2. The highest BCUT2D eigenvalue weighted by atomic mass is 35.5. The number of halogens is 1. The van der Waals surface area contributed by atoms with Crippen LogP contribution in [0.4, 0.5) is 5.69 Å². The molecule has 0 unspecified atom stereocenters. The van der Waals surface area contributed by atoms with Crippen molar-refractivity contribution in [3.05, 3.63) is 15.5 Å². The molecule has 0 bridgehead atoms. The van der Waals surface area contributed by atoms with E-state index in [1.54, 1.807) is 4.90 Å². The molecule has 8 nitrogen and oxygen atoms in total. The second-order valence-electron chi connectivity index (χ2n) is 7.60. The number of nitrogen functional groups attached to an aromatic ring is 1. The third kappa shape index (κ3) is 4.12. The van der Waals surface area contributed by atoms with E-state index in [2.05, 4.69) is 15.2 Å². The molecule has 29 heavy (non-hydrogen) atoms. The fourth-order valence-corrected chi connectivity index (χ4v) is 4.55. The molecule has 2 aliphatic rings. The van der Waals surface area contributed by atoms with Crippen molar-refractivity contribution in [3.8, 4) is 5.88 Å². The average Bonchev–Trinajstić information content (AvgIpc) is 3.44. The van der Waals surface area contributed by atoms with Gasteiger partial charge in [0.05, 0.1) is 5.69 Å². The van der Waals surface area contributed by atoms with Gasteiger partial charge in [0.15, 0.2) is 6.61 Å². The molecule has 0 spiro atoms. The van der Waals surface area contributed by atoms with Gasteiger partial charge in [-0.3, -0.25) is 9.59 Å². The van der Waals surface area contributed by atoms with E-state index in [1.165, 1.54) is 11.3 Å². The van der Waals surface area contributed by atoms with Crippen LogP contribution in [0, 0.1) is 6.92 Å². The zero-order chi connectivity index (χ0) is 20.7. The summed E-state index contributed by atoms with van der Waals surface area (Å²) in [4.78, 5) is 34.3. The summed E-state index contributed by atoms with van der Waals surface area (Å²) in [6.45, 7) is 4.73. The van der Waals surface area contributed by atoms with Gasteiger partial charge in [0.1, 0.15) is 14.7 Å². The van der Waals surface area contributed by atoms with E-state index in [-0.39, 0.29) is 30.3 Å². The number of piperazine rings is 1. The van der Waals surface area contributed by atoms with E-state index < -0.39 is 0 Å². The van der Waals surface area contributed by atoms with Crippen molar-refractivity contribution in [3.63, 3.8) is 0 Å². The maximum absolute atomic E-state index is 12.5. The Hall–Kier alpha value is -2.10. The first-order chi connectivity index (χ1) is 13.8. The Bertz CT molecular complexity index is 967. The van der Waals surface area contributed by atoms with Gasteiger partial charge in [-0.2, -0.15) is 0 Å². The lowest BCUT2D eigenvalue weighted by Gasteiger charge is -2.32. The van der Waals surface area contributed by atoms with E-state index in [1.807, 2.05) is 14.0 Å². The molecule has 2 aromatic rings. The molecule has 0 radical (unpaired) electrons. The van der Waals surface area contributed by atoms with Crippen molar-refractivity contribution in [2.24, 2.45) is 0 Å². The van der Waals surface area contributed by atoms with Crippen LogP contribution in [0.1, 0.15) is 28.1 Å². The van der Waals surface area contributed by atoms with Gasteiger partial charge in [-0.25, -0.2) is 4.98 Å². The zero-order valence-corrected chi connectivity index (χ0v) is 18.0. The molecule has 1 saturated carbocycles. The van der Waals surface area contributed by atoms with Crippen LogP contribution in [0.25, 0.3) is 10.2 Å². The fourth-order valence-electron chi connectivity index (χ4n) is 3.30. The van der Waals surface area contributed by atoms with E-state index in [9.17, 15) is 9.59 Å². The van der Waals surface area contributed by atoms with Gasteiger partial charge in [0.2, 0.25) is 5.88 Å². The zero-order valence-electron chi connectivity index (χ0n) is 16.5. The number of fused-ring (bicyclic) bond motifs is 1. The van der Waals surface area contributed by atoms with E-state index in [4.69, 9.17) is 22.1 Å². The van der Waals surface area contributed by atoms with Crippen LogP contribution in [0.3, 0.4) is 0 Å². The number of aryl methyl sites for hydroxylation is 1. The second kappa shape index (κ2) is 7.97. The third-order valence-electron chi connectivity index (χ3n) is 5.33. The van der Waals surface area contributed by atoms with Gasteiger partial charge < -0.3 is 25.6 Å². The molecular weight excluding hydrogens is 414 g/mol. The van der Waals surface area contributed by atoms with Crippen molar-refractivity contribution in [2.75, 3.05) is 45.6 Å². The summed E-state index contributed by atoms with van der Waals surface area (Å²) in [6.07, 6.45) is 2.00. The largest absolute Gasteiger partial charge is 0.466 e. The molecule has 2 aromatic heterocycles. The molecule has 0 aromatic carbocycles. The molecule has 3 N–H and O–H groups in total. The summed E-state index contributed by atoms with van der Waals surface area (Å²) in [7, 11) is 2.03. The Balaban J connectivity index is 1.53. The van der Waals surface area contributed by atoms with E-state index in [0.29, 0.717) is 44.5 Å². The predicted octanol–water partition coefficient (Wildman–Crippen LogP) is 1.89. The third-order valence-corrected chi connectivity index (χ3v) is 6.87. The molecule has 4 rings (SSSR count). The van der Waals surface area contributed by atoms with Gasteiger partial charge in [0.25, 0.3) is 11.8 Å². The molecule has 2 amide bonds. The van der Waals surface area contributed by atoms with E-state index in [0.717, 1.165) is 25.9 Å².